The summed E-state index contributed by atoms with van der Waals surface area (Å²) in [5.41, 5.74) is 2.21. The number of rotatable bonds is 7. The van der Waals surface area contributed by atoms with Crippen LogP contribution in [0.4, 0.5) is 17.2 Å². The molecular formula is C20H27N5O. The van der Waals surface area contributed by atoms with Crippen LogP contribution in [-0.4, -0.2) is 35.2 Å². The van der Waals surface area contributed by atoms with Crippen LogP contribution in [-0.2, 0) is 0 Å². The summed E-state index contributed by atoms with van der Waals surface area (Å²) in [6.45, 7) is 6.17. The van der Waals surface area contributed by atoms with Crippen LogP contribution in [0.15, 0.2) is 36.4 Å². The number of carbonyl (C=O) groups is 1. The number of benzene rings is 1. The summed E-state index contributed by atoms with van der Waals surface area (Å²) >= 11 is 0. The van der Waals surface area contributed by atoms with Crippen molar-refractivity contribution in [3.05, 3.63) is 42.1 Å². The van der Waals surface area contributed by atoms with Gasteiger partial charge >= 0.3 is 0 Å². The number of anilines is 3. The smallest absolute Gasteiger partial charge is 0.276 e. The third kappa shape index (κ3) is 4.50. The van der Waals surface area contributed by atoms with Crippen LogP contribution in [0.3, 0.4) is 0 Å². The summed E-state index contributed by atoms with van der Waals surface area (Å²) in [5, 5.41) is 14.4. The molecule has 1 aromatic heterocycles. The Morgan fingerprint density at radius 1 is 1.04 bits per heavy atom. The van der Waals surface area contributed by atoms with Gasteiger partial charge in [0.15, 0.2) is 5.69 Å². The van der Waals surface area contributed by atoms with E-state index in [1.54, 1.807) is 6.07 Å². The number of hydrogen-bond donors (Lipinski definition) is 2. The molecule has 6 nitrogen and oxygen atoms in total. The summed E-state index contributed by atoms with van der Waals surface area (Å²) in [7, 11) is 0. The molecule has 0 bridgehead atoms. The molecule has 0 radical (unpaired) electrons. The van der Waals surface area contributed by atoms with E-state index in [2.05, 4.69) is 39.6 Å². The van der Waals surface area contributed by atoms with E-state index in [0.717, 1.165) is 30.3 Å². The lowest BCUT2D eigenvalue weighted by atomic mass is 10.2. The van der Waals surface area contributed by atoms with Gasteiger partial charge in [-0.3, -0.25) is 4.79 Å². The van der Waals surface area contributed by atoms with Crippen molar-refractivity contribution in [2.75, 3.05) is 28.6 Å². The summed E-state index contributed by atoms with van der Waals surface area (Å²) in [6, 6.07) is 11.9. The predicted molar refractivity (Wildman–Crippen MR) is 106 cm³/mol. The molecule has 1 saturated carbocycles. The lowest BCUT2D eigenvalue weighted by Gasteiger charge is -2.21. The van der Waals surface area contributed by atoms with Crippen LogP contribution in [0.5, 0.6) is 0 Å². The minimum Gasteiger partial charge on any atom is -0.372 e. The van der Waals surface area contributed by atoms with Crippen molar-refractivity contribution in [3.8, 4) is 0 Å². The maximum Gasteiger partial charge on any atom is 0.276 e. The van der Waals surface area contributed by atoms with E-state index >= 15 is 0 Å². The van der Waals surface area contributed by atoms with Crippen LogP contribution in [0.25, 0.3) is 0 Å². The predicted octanol–water partition coefficient (Wildman–Crippen LogP) is 3.93. The average Bonchev–Trinajstić information content (AvgIpc) is 3.18. The molecule has 1 amide bonds. The third-order valence-electron chi connectivity index (χ3n) is 4.86. The lowest BCUT2D eigenvalue weighted by Crippen LogP contribution is -2.21. The van der Waals surface area contributed by atoms with E-state index < -0.39 is 0 Å². The van der Waals surface area contributed by atoms with Crippen LogP contribution in [0, 0.1) is 0 Å². The van der Waals surface area contributed by atoms with Crippen molar-refractivity contribution in [2.45, 2.75) is 45.6 Å². The third-order valence-corrected chi connectivity index (χ3v) is 4.86. The fourth-order valence-electron chi connectivity index (χ4n) is 3.35. The van der Waals surface area contributed by atoms with Gasteiger partial charge in [-0.25, -0.2) is 0 Å². The summed E-state index contributed by atoms with van der Waals surface area (Å²) in [6.07, 6.45) is 4.87. The first-order valence-corrected chi connectivity index (χ1v) is 9.46. The highest BCUT2D eigenvalue weighted by atomic mass is 16.1. The second-order valence-corrected chi connectivity index (χ2v) is 6.60. The van der Waals surface area contributed by atoms with Crippen molar-refractivity contribution < 1.29 is 4.79 Å². The zero-order valence-electron chi connectivity index (χ0n) is 15.5. The Morgan fingerprint density at radius 2 is 1.73 bits per heavy atom. The molecule has 2 N–H and O–H groups in total. The Bertz CT molecular complexity index is 704. The molecule has 0 spiro atoms. The molecule has 6 heteroatoms. The van der Waals surface area contributed by atoms with Crippen molar-refractivity contribution in [1.29, 1.82) is 0 Å². The first-order chi connectivity index (χ1) is 12.7. The summed E-state index contributed by atoms with van der Waals surface area (Å²) < 4.78 is 0. The SMILES string of the molecule is CCN(CC)c1ccc(NC(=O)c2ccc(NC3CCCC3)nn2)cc1. The molecule has 0 atom stereocenters. The van der Waals surface area contributed by atoms with Crippen LogP contribution in [0.2, 0.25) is 0 Å². The van der Waals surface area contributed by atoms with Gasteiger partial charge in [-0.1, -0.05) is 12.8 Å². The Balaban J connectivity index is 1.58. The van der Waals surface area contributed by atoms with E-state index in [1.165, 1.54) is 25.7 Å². The largest absolute Gasteiger partial charge is 0.372 e. The summed E-state index contributed by atoms with van der Waals surface area (Å²) in [4.78, 5) is 14.6. The topological polar surface area (TPSA) is 70.2 Å². The molecule has 1 aliphatic carbocycles. The fourth-order valence-corrected chi connectivity index (χ4v) is 3.35. The van der Waals surface area contributed by atoms with Crippen molar-refractivity contribution in [3.63, 3.8) is 0 Å². The molecule has 0 unspecified atom stereocenters. The lowest BCUT2D eigenvalue weighted by molar-refractivity contribution is 0.102. The highest BCUT2D eigenvalue weighted by Crippen LogP contribution is 2.21. The standard InChI is InChI=1S/C20H27N5O/c1-3-25(4-2)17-11-9-16(10-12-17)22-20(26)18-13-14-19(24-23-18)21-15-7-5-6-8-15/h9-15H,3-8H2,1-2H3,(H,21,24)(H,22,26). The molecule has 1 aliphatic rings. The minimum atomic E-state index is -0.250. The number of nitrogens with zero attached hydrogens (tertiary/aromatic N) is 3. The van der Waals surface area contributed by atoms with E-state index in [-0.39, 0.29) is 5.91 Å². The number of hydrogen-bond acceptors (Lipinski definition) is 5. The molecule has 1 aromatic carbocycles. The van der Waals surface area contributed by atoms with Gasteiger partial charge in [-0.2, -0.15) is 0 Å². The molecule has 3 rings (SSSR count). The fraction of sp³-hybridized carbons (Fsp3) is 0.450. The van der Waals surface area contributed by atoms with Gasteiger partial charge in [0.1, 0.15) is 5.82 Å². The highest BCUT2D eigenvalue weighted by Gasteiger charge is 2.15. The molecule has 2 aromatic rings. The van der Waals surface area contributed by atoms with Gasteiger partial charge in [0.2, 0.25) is 0 Å². The Labute approximate surface area is 155 Å². The van der Waals surface area contributed by atoms with Crippen LogP contribution in [0.1, 0.15) is 50.0 Å². The summed E-state index contributed by atoms with van der Waals surface area (Å²) in [5.74, 6) is 0.484. The van der Waals surface area contributed by atoms with Crippen LogP contribution < -0.4 is 15.5 Å². The van der Waals surface area contributed by atoms with Gasteiger partial charge in [-0.05, 0) is 63.1 Å². The number of amides is 1. The van der Waals surface area contributed by atoms with E-state index in [9.17, 15) is 4.79 Å². The van der Waals surface area contributed by atoms with E-state index in [1.807, 2.05) is 30.3 Å². The zero-order chi connectivity index (χ0) is 18.4. The Kier molecular flexibility index (Phi) is 6.04. The van der Waals surface area contributed by atoms with Gasteiger partial charge in [0.05, 0.1) is 0 Å². The molecule has 1 heterocycles. The second kappa shape index (κ2) is 8.65. The van der Waals surface area contributed by atoms with E-state index in [4.69, 9.17) is 0 Å². The van der Waals surface area contributed by atoms with E-state index in [0.29, 0.717) is 11.7 Å². The molecule has 0 saturated heterocycles. The Morgan fingerprint density at radius 3 is 2.31 bits per heavy atom. The van der Waals surface area contributed by atoms with Gasteiger partial charge in [0, 0.05) is 30.5 Å². The number of nitrogens with one attached hydrogen (secondary N) is 2. The van der Waals surface area contributed by atoms with Crippen molar-refractivity contribution in [1.82, 2.24) is 10.2 Å². The highest BCUT2D eigenvalue weighted by molar-refractivity contribution is 6.02. The molecule has 26 heavy (non-hydrogen) atoms. The quantitative estimate of drug-likeness (QED) is 0.789. The minimum absolute atomic E-state index is 0.250. The van der Waals surface area contributed by atoms with Gasteiger partial charge in [0.25, 0.3) is 5.91 Å². The first kappa shape index (κ1) is 18.2. The van der Waals surface area contributed by atoms with Crippen molar-refractivity contribution >= 4 is 23.1 Å². The van der Waals surface area contributed by atoms with Crippen molar-refractivity contribution in [2.24, 2.45) is 0 Å². The van der Waals surface area contributed by atoms with Crippen LogP contribution >= 0.6 is 0 Å². The molecule has 0 aliphatic heterocycles. The van der Waals surface area contributed by atoms with Gasteiger partial charge in [-0.15, -0.1) is 10.2 Å². The average molecular weight is 353 g/mol. The maximum atomic E-state index is 12.4. The maximum absolute atomic E-state index is 12.4. The molecule has 1 fully saturated rings. The van der Waals surface area contributed by atoms with Gasteiger partial charge < -0.3 is 15.5 Å². The molecule has 138 valence electrons. The second-order valence-electron chi connectivity index (χ2n) is 6.60. The normalized spacial score (nSPS) is 14.2. The molecular weight excluding hydrogens is 326 g/mol. The Hall–Kier alpha value is -2.63. The zero-order valence-corrected chi connectivity index (χ0v) is 15.5. The monoisotopic (exact) mass is 353 g/mol. The number of aromatic nitrogens is 2. The first-order valence-electron chi connectivity index (χ1n) is 9.46. The number of carbonyl (C=O) groups excluding carboxylic acids is 1.